The Hall–Kier alpha value is -2.49. The topological polar surface area (TPSA) is 208 Å². The highest BCUT2D eigenvalue weighted by Crippen LogP contribution is 2.49. The van der Waals surface area contributed by atoms with Crippen LogP contribution < -0.4 is 14.8 Å². The van der Waals surface area contributed by atoms with E-state index in [2.05, 4.69) is 5.32 Å². The van der Waals surface area contributed by atoms with Crippen molar-refractivity contribution in [3.63, 3.8) is 0 Å². The van der Waals surface area contributed by atoms with Crippen LogP contribution in [0.15, 0.2) is 12.1 Å². The van der Waals surface area contributed by atoms with Crippen molar-refractivity contribution >= 4 is 11.5 Å². The van der Waals surface area contributed by atoms with Crippen LogP contribution in [-0.2, 0) is 9.47 Å². The van der Waals surface area contributed by atoms with Gasteiger partial charge in [-0.3, -0.25) is 4.79 Å². The van der Waals surface area contributed by atoms with E-state index in [9.17, 15) is 40.5 Å². The first-order valence-electron chi connectivity index (χ1n) is 10.2. The zero-order valence-corrected chi connectivity index (χ0v) is 16.9. The van der Waals surface area contributed by atoms with Crippen molar-refractivity contribution in [1.29, 1.82) is 0 Å². The van der Waals surface area contributed by atoms with E-state index in [0.29, 0.717) is 5.57 Å². The number of aliphatic hydroxyl groups is 6. The summed E-state index contributed by atoms with van der Waals surface area (Å²) in [6.45, 7) is -0.841. The summed E-state index contributed by atoms with van der Waals surface area (Å²) < 4.78 is 21.5. The van der Waals surface area contributed by atoms with Gasteiger partial charge in [0.15, 0.2) is 17.8 Å². The van der Waals surface area contributed by atoms with Gasteiger partial charge in [0.1, 0.15) is 42.7 Å². The van der Waals surface area contributed by atoms with E-state index in [1.165, 1.54) is 12.1 Å². The fourth-order valence-electron chi connectivity index (χ4n) is 4.56. The van der Waals surface area contributed by atoms with Crippen molar-refractivity contribution in [1.82, 2.24) is 5.32 Å². The number of nitrogens with one attached hydrogen (secondary N) is 1. The molecule has 1 saturated heterocycles. The Kier molecular flexibility index (Phi) is 5.46. The Morgan fingerprint density at radius 1 is 1.06 bits per heavy atom. The van der Waals surface area contributed by atoms with E-state index >= 15 is 0 Å². The lowest BCUT2D eigenvalue weighted by atomic mass is 9.79. The molecule has 0 bridgehead atoms. The molecular formula is C20H23NO12. The summed E-state index contributed by atoms with van der Waals surface area (Å²) in [5, 5.41) is 73.9. The third-order valence-corrected chi connectivity index (χ3v) is 6.30. The van der Waals surface area contributed by atoms with Crippen LogP contribution in [0.2, 0.25) is 0 Å². The largest absolute Gasteiger partial charge is 0.504 e. The minimum Gasteiger partial charge on any atom is -0.504 e. The van der Waals surface area contributed by atoms with E-state index in [0.717, 1.165) is 0 Å². The van der Waals surface area contributed by atoms with E-state index in [-0.39, 0.29) is 29.4 Å². The van der Waals surface area contributed by atoms with Crippen LogP contribution in [0, 0.1) is 0 Å². The minimum atomic E-state index is -1.76. The molecule has 3 aliphatic heterocycles. The summed E-state index contributed by atoms with van der Waals surface area (Å²) in [5.74, 6) is -0.959. The first-order valence-corrected chi connectivity index (χ1v) is 10.2. The van der Waals surface area contributed by atoms with E-state index in [4.69, 9.17) is 18.9 Å². The van der Waals surface area contributed by atoms with Crippen molar-refractivity contribution in [2.24, 2.45) is 0 Å². The molecule has 1 amide bonds. The second kappa shape index (κ2) is 8.07. The highest BCUT2D eigenvalue weighted by atomic mass is 16.7. The molecule has 1 aromatic carbocycles. The normalized spacial score (nSPS) is 39.4. The van der Waals surface area contributed by atoms with Crippen LogP contribution in [-0.4, -0.2) is 110 Å². The second-order valence-electron chi connectivity index (χ2n) is 8.23. The molecule has 4 aliphatic rings. The van der Waals surface area contributed by atoms with Crippen LogP contribution in [0.3, 0.4) is 0 Å². The van der Waals surface area contributed by atoms with Crippen LogP contribution >= 0.6 is 0 Å². The zero-order chi connectivity index (χ0) is 23.6. The van der Waals surface area contributed by atoms with Gasteiger partial charge in [0.2, 0.25) is 12.5 Å². The summed E-state index contributed by atoms with van der Waals surface area (Å²) in [4.78, 5) is 12.9. The molecule has 3 heterocycles. The third kappa shape index (κ3) is 3.36. The number of aromatic hydroxyl groups is 1. The van der Waals surface area contributed by atoms with Crippen LogP contribution in [0.5, 0.6) is 17.2 Å². The molecule has 33 heavy (non-hydrogen) atoms. The van der Waals surface area contributed by atoms with Gasteiger partial charge < -0.3 is 60.0 Å². The minimum absolute atomic E-state index is 0.00783. The number of hydrogen-bond acceptors (Lipinski definition) is 12. The van der Waals surface area contributed by atoms with Gasteiger partial charge in [0, 0.05) is 5.56 Å². The van der Waals surface area contributed by atoms with Gasteiger partial charge in [-0.2, -0.15) is 0 Å². The Bertz CT molecular complexity index is 996. The molecule has 0 aromatic heterocycles. The van der Waals surface area contributed by atoms with E-state index in [1.807, 2.05) is 0 Å². The van der Waals surface area contributed by atoms with E-state index < -0.39 is 73.3 Å². The van der Waals surface area contributed by atoms with Gasteiger partial charge in [0.25, 0.3) is 5.91 Å². The molecule has 0 radical (unpaired) electrons. The lowest BCUT2D eigenvalue weighted by molar-refractivity contribution is -0.320. The number of carbonyl (C=O) groups is 1. The Labute approximate surface area is 186 Å². The predicted molar refractivity (Wildman–Crippen MR) is 104 cm³/mol. The van der Waals surface area contributed by atoms with Gasteiger partial charge in [-0.1, -0.05) is 0 Å². The average Bonchev–Trinajstić information content (AvgIpc) is 3.27. The fraction of sp³-hybridized carbons (Fsp3) is 0.550. The summed E-state index contributed by atoms with van der Waals surface area (Å²) in [6.07, 6.45) is -11.1. The molecule has 1 aliphatic carbocycles. The van der Waals surface area contributed by atoms with Gasteiger partial charge in [-0.05, 0) is 17.7 Å². The van der Waals surface area contributed by atoms with Crippen LogP contribution in [0.4, 0.5) is 0 Å². The Balaban J connectivity index is 1.50. The number of fused-ring (bicyclic) bond motifs is 4. The molecule has 13 nitrogen and oxygen atoms in total. The third-order valence-electron chi connectivity index (χ3n) is 6.30. The van der Waals surface area contributed by atoms with Crippen molar-refractivity contribution in [2.45, 2.75) is 55.1 Å². The Morgan fingerprint density at radius 3 is 2.55 bits per heavy atom. The van der Waals surface area contributed by atoms with Gasteiger partial charge in [-0.15, -0.1) is 0 Å². The molecule has 0 unspecified atom stereocenters. The van der Waals surface area contributed by atoms with Gasteiger partial charge in [0.05, 0.1) is 18.2 Å². The van der Waals surface area contributed by atoms with Crippen molar-refractivity contribution < 1.29 is 59.5 Å². The second-order valence-corrected chi connectivity index (χ2v) is 8.23. The molecule has 1 aromatic rings. The zero-order valence-electron chi connectivity index (χ0n) is 16.9. The standard InChI is InChI=1S/C20H23NO12/c22-3-9-13(25)15(27)16(28)20(32-9)33-18-11-6(1-7(23)12(18)24)5-2-8-17(31-4-30-8)14(26)10(5)19(29)21-11/h1-2,7,9,11-13,15-16,18,20,22-28H,3-4H2,(H,21,29)/t7-,9+,11+,12+,13+,15-,16+,18-,20-/m0/s1. The smallest absolute Gasteiger partial charge is 0.256 e. The number of carbonyl (C=O) groups excluding carboxylic acids is 1. The molecule has 9 atom stereocenters. The van der Waals surface area contributed by atoms with Crippen LogP contribution in [0.1, 0.15) is 15.9 Å². The van der Waals surface area contributed by atoms with Crippen LogP contribution in [0.25, 0.3) is 5.57 Å². The molecular weight excluding hydrogens is 446 g/mol. The highest BCUT2D eigenvalue weighted by molar-refractivity contribution is 6.07. The summed E-state index contributed by atoms with van der Waals surface area (Å²) in [5.41, 5.74) is 0.404. The molecule has 180 valence electrons. The SMILES string of the molecule is O=C1N[C@@H]2C(=C[C@H](O)[C@@H](O)[C@H]2O[C@@H]2O[C@H](CO)[C@@H](O)[C@H](O)[C@H]2O)c2cc3c(c(O)c21)OCO3. The van der Waals surface area contributed by atoms with E-state index in [1.54, 1.807) is 0 Å². The quantitative estimate of drug-likeness (QED) is 0.217. The number of amides is 1. The molecule has 0 saturated carbocycles. The molecule has 0 spiro atoms. The molecule has 5 rings (SSSR count). The number of aliphatic hydroxyl groups excluding tert-OH is 6. The number of phenolic OH excluding ortho intramolecular Hbond substituents is 1. The average molecular weight is 469 g/mol. The maximum absolute atomic E-state index is 12.9. The maximum Gasteiger partial charge on any atom is 0.256 e. The summed E-state index contributed by atoms with van der Waals surface area (Å²) >= 11 is 0. The van der Waals surface area contributed by atoms with Gasteiger partial charge in [-0.25, -0.2) is 0 Å². The number of hydrogen-bond donors (Lipinski definition) is 8. The lowest BCUT2D eigenvalue weighted by Gasteiger charge is -2.45. The van der Waals surface area contributed by atoms with Crippen molar-refractivity contribution in [3.8, 4) is 17.2 Å². The first-order chi connectivity index (χ1) is 15.7. The first kappa shape index (κ1) is 22.3. The molecule has 13 heteroatoms. The highest BCUT2D eigenvalue weighted by Gasteiger charge is 2.50. The summed E-state index contributed by atoms with van der Waals surface area (Å²) in [6, 6.07) is 0.403. The molecule has 1 fully saturated rings. The number of phenols is 1. The van der Waals surface area contributed by atoms with Crippen molar-refractivity contribution in [2.75, 3.05) is 13.4 Å². The van der Waals surface area contributed by atoms with Crippen molar-refractivity contribution in [3.05, 3.63) is 23.3 Å². The molecule has 8 N–H and O–H groups in total. The predicted octanol–water partition coefficient (Wildman–Crippen LogP) is -3.46. The number of ether oxygens (including phenoxy) is 4. The number of rotatable bonds is 3. The van der Waals surface area contributed by atoms with Gasteiger partial charge >= 0.3 is 0 Å². The summed E-state index contributed by atoms with van der Waals surface area (Å²) in [7, 11) is 0. The monoisotopic (exact) mass is 469 g/mol. The lowest BCUT2D eigenvalue weighted by Crippen LogP contribution is -2.64. The Morgan fingerprint density at radius 2 is 1.82 bits per heavy atom. The maximum atomic E-state index is 12.9. The number of benzene rings is 1. The fourth-order valence-corrected chi connectivity index (χ4v) is 4.56.